The number of nitrogens with zero attached hydrogens (tertiary/aromatic N) is 2. The summed E-state index contributed by atoms with van der Waals surface area (Å²) in [6.45, 7) is 0.249. The summed E-state index contributed by atoms with van der Waals surface area (Å²) in [6, 6.07) is 6.45. The van der Waals surface area contributed by atoms with Crippen LogP contribution in [0.5, 0.6) is 0 Å². The number of carbonyl (C=O) groups is 1. The van der Waals surface area contributed by atoms with Crippen molar-refractivity contribution in [1.29, 1.82) is 0 Å². The van der Waals surface area contributed by atoms with Crippen molar-refractivity contribution >= 4 is 28.8 Å². The SMILES string of the molecule is CN(Cc1ccccc1F)C(=O)Cc1nc(CCl)cs1. The van der Waals surface area contributed by atoms with E-state index in [1.54, 1.807) is 25.2 Å². The number of rotatable bonds is 5. The number of alkyl halides is 1. The highest BCUT2D eigenvalue weighted by Gasteiger charge is 2.14. The maximum Gasteiger partial charge on any atom is 0.229 e. The third-order valence-electron chi connectivity index (χ3n) is 2.83. The van der Waals surface area contributed by atoms with Crippen LogP contribution in [-0.4, -0.2) is 22.8 Å². The Kier molecular flexibility index (Phi) is 5.09. The summed E-state index contributed by atoms with van der Waals surface area (Å²) in [4.78, 5) is 17.8. The van der Waals surface area contributed by atoms with Crippen molar-refractivity contribution in [2.45, 2.75) is 18.8 Å². The van der Waals surface area contributed by atoms with Gasteiger partial charge in [0.2, 0.25) is 5.91 Å². The molecular weight excluding hydrogens is 299 g/mol. The lowest BCUT2D eigenvalue weighted by Crippen LogP contribution is -2.28. The Labute approximate surface area is 126 Å². The normalized spacial score (nSPS) is 10.6. The van der Waals surface area contributed by atoms with E-state index in [9.17, 15) is 9.18 Å². The molecule has 0 atom stereocenters. The minimum atomic E-state index is -0.300. The third kappa shape index (κ3) is 3.77. The molecule has 0 unspecified atom stereocenters. The zero-order chi connectivity index (χ0) is 14.5. The molecule has 1 aromatic heterocycles. The number of carbonyl (C=O) groups excluding carboxylic acids is 1. The molecule has 6 heteroatoms. The fourth-order valence-electron chi connectivity index (χ4n) is 1.73. The molecule has 1 heterocycles. The zero-order valence-electron chi connectivity index (χ0n) is 11.0. The number of benzene rings is 1. The van der Waals surface area contributed by atoms with Gasteiger partial charge in [0.15, 0.2) is 0 Å². The summed E-state index contributed by atoms with van der Waals surface area (Å²) in [5.74, 6) is -0.0509. The lowest BCUT2D eigenvalue weighted by Gasteiger charge is -2.17. The van der Waals surface area contributed by atoms with Gasteiger partial charge in [-0.15, -0.1) is 22.9 Å². The molecule has 0 aliphatic heterocycles. The molecule has 0 saturated carbocycles. The predicted octanol–water partition coefficient (Wildman–Crippen LogP) is 3.22. The van der Waals surface area contributed by atoms with Crippen LogP contribution in [-0.2, 0) is 23.6 Å². The Balaban J connectivity index is 1.97. The number of aromatic nitrogens is 1. The van der Waals surface area contributed by atoms with Gasteiger partial charge in [0, 0.05) is 24.5 Å². The molecule has 0 aliphatic rings. The maximum atomic E-state index is 13.5. The van der Waals surface area contributed by atoms with Crippen LogP contribution in [0.15, 0.2) is 29.6 Å². The lowest BCUT2D eigenvalue weighted by molar-refractivity contribution is -0.129. The number of thiazole rings is 1. The molecule has 0 spiro atoms. The van der Waals surface area contributed by atoms with Gasteiger partial charge >= 0.3 is 0 Å². The maximum absolute atomic E-state index is 13.5. The molecular formula is C14H14ClFN2OS. The molecule has 106 valence electrons. The molecule has 0 N–H and O–H groups in total. The van der Waals surface area contributed by atoms with Gasteiger partial charge in [-0.2, -0.15) is 0 Å². The van der Waals surface area contributed by atoms with Gasteiger partial charge in [-0.05, 0) is 6.07 Å². The molecule has 3 nitrogen and oxygen atoms in total. The van der Waals surface area contributed by atoms with E-state index in [4.69, 9.17) is 11.6 Å². The second-order valence-electron chi connectivity index (χ2n) is 4.38. The first kappa shape index (κ1) is 14.9. The first-order valence-electron chi connectivity index (χ1n) is 6.06. The average molecular weight is 313 g/mol. The van der Waals surface area contributed by atoms with Crippen molar-refractivity contribution < 1.29 is 9.18 Å². The molecule has 1 aromatic carbocycles. The highest BCUT2D eigenvalue weighted by atomic mass is 35.5. The predicted molar refractivity (Wildman–Crippen MR) is 78.2 cm³/mol. The fourth-order valence-corrected chi connectivity index (χ4v) is 2.74. The van der Waals surface area contributed by atoms with Gasteiger partial charge in [0.25, 0.3) is 0 Å². The van der Waals surface area contributed by atoms with Crippen molar-refractivity contribution in [3.63, 3.8) is 0 Å². The van der Waals surface area contributed by atoms with Crippen molar-refractivity contribution in [3.05, 3.63) is 51.7 Å². The van der Waals surface area contributed by atoms with Crippen LogP contribution in [0.4, 0.5) is 4.39 Å². The molecule has 0 radical (unpaired) electrons. The van der Waals surface area contributed by atoms with E-state index in [1.807, 2.05) is 5.38 Å². The van der Waals surface area contributed by atoms with Crippen molar-refractivity contribution in [3.8, 4) is 0 Å². The molecule has 1 amide bonds. The monoisotopic (exact) mass is 312 g/mol. The summed E-state index contributed by atoms with van der Waals surface area (Å²) in [5, 5.41) is 2.57. The highest BCUT2D eigenvalue weighted by Crippen LogP contribution is 2.14. The average Bonchev–Trinajstić information content (AvgIpc) is 2.89. The first-order valence-corrected chi connectivity index (χ1v) is 7.48. The van der Waals surface area contributed by atoms with Crippen LogP contribution in [0, 0.1) is 5.82 Å². The van der Waals surface area contributed by atoms with Crippen LogP contribution in [0.25, 0.3) is 0 Å². The minimum absolute atomic E-state index is 0.0938. The Morgan fingerprint density at radius 3 is 2.85 bits per heavy atom. The smallest absolute Gasteiger partial charge is 0.229 e. The zero-order valence-corrected chi connectivity index (χ0v) is 12.5. The molecule has 0 aliphatic carbocycles. The summed E-state index contributed by atoms with van der Waals surface area (Å²) >= 11 is 7.08. The standard InChI is InChI=1S/C14H14ClFN2OS/c1-18(8-10-4-2-3-5-12(10)16)14(19)6-13-17-11(7-15)9-20-13/h2-5,9H,6-8H2,1H3. The number of halogens is 2. The van der Waals surface area contributed by atoms with Crippen molar-refractivity contribution in [1.82, 2.24) is 9.88 Å². The van der Waals surface area contributed by atoms with Crippen molar-refractivity contribution in [2.24, 2.45) is 0 Å². The number of hydrogen-bond acceptors (Lipinski definition) is 3. The van der Waals surface area contributed by atoms with E-state index < -0.39 is 0 Å². The summed E-state index contributed by atoms with van der Waals surface area (Å²) in [5.41, 5.74) is 1.28. The number of amides is 1. The second-order valence-corrected chi connectivity index (χ2v) is 5.59. The van der Waals surface area contributed by atoms with E-state index in [0.29, 0.717) is 11.4 Å². The third-order valence-corrected chi connectivity index (χ3v) is 4.00. The lowest BCUT2D eigenvalue weighted by atomic mass is 10.2. The largest absolute Gasteiger partial charge is 0.341 e. The molecule has 2 aromatic rings. The van der Waals surface area contributed by atoms with E-state index in [2.05, 4.69) is 4.98 Å². The quantitative estimate of drug-likeness (QED) is 0.794. The highest BCUT2D eigenvalue weighted by molar-refractivity contribution is 7.09. The molecule has 0 bridgehead atoms. The summed E-state index contributed by atoms with van der Waals surface area (Å²) in [7, 11) is 1.66. The van der Waals surface area contributed by atoms with E-state index in [1.165, 1.54) is 22.3 Å². The molecule has 2 rings (SSSR count). The summed E-state index contributed by atoms with van der Waals surface area (Å²) < 4.78 is 13.5. The van der Waals surface area contributed by atoms with Crippen LogP contribution in [0.2, 0.25) is 0 Å². The minimum Gasteiger partial charge on any atom is -0.341 e. The number of hydrogen-bond donors (Lipinski definition) is 0. The van der Waals surface area contributed by atoms with E-state index >= 15 is 0 Å². The van der Waals surface area contributed by atoms with Gasteiger partial charge < -0.3 is 4.90 Å². The Morgan fingerprint density at radius 2 is 2.20 bits per heavy atom. The van der Waals surface area contributed by atoms with Gasteiger partial charge in [0.05, 0.1) is 18.0 Å². The molecule has 20 heavy (non-hydrogen) atoms. The first-order chi connectivity index (χ1) is 9.60. The van der Waals surface area contributed by atoms with Gasteiger partial charge in [-0.3, -0.25) is 4.79 Å². The van der Waals surface area contributed by atoms with Gasteiger partial charge in [-0.25, -0.2) is 9.37 Å². The summed E-state index contributed by atoms with van der Waals surface area (Å²) in [6.07, 6.45) is 0.215. The van der Waals surface area contributed by atoms with E-state index in [-0.39, 0.29) is 24.7 Å². The fraction of sp³-hybridized carbons (Fsp3) is 0.286. The van der Waals surface area contributed by atoms with Crippen LogP contribution < -0.4 is 0 Å². The number of likely N-dealkylation sites (N-methyl/N-ethyl adjacent to an activating group) is 1. The Morgan fingerprint density at radius 1 is 1.45 bits per heavy atom. The van der Waals surface area contributed by atoms with Crippen molar-refractivity contribution in [2.75, 3.05) is 7.05 Å². The van der Waals surface area contributed by atoms with Gasteiger partial charge in [0.1, 0.15) is 10.8 Å². The molecule has 0 saturated heterocycles. The van der Waals surface area contributed by atoms with Crippen LogP contribution >= 0.6 is 22.9 Å². The Bertz CT molecular complexity index is 602. The van der Waals surface area contributed by atoms with Crippen LogP contribution in [0.3, 0.4) is 0 Å². The van der Waals surface area contributed by atoms with E-state index in [0.717, 1.165) is 10.7 Å². The topological polar surface area (TPSA) is 33.2 Å². The van der Waals surface area contributed by atoms with Gasteiger partial charge in [-0.1, -0.05) is 18.2 Å². The molecule has 0 fully saturated rings. The second kappa shape index (κ2) is 6.81. The van der Waals surface area contributed by atoms with Crippen LogP contribution in [0.1, 0.15) is 16.3 Å². The Hall–Kier alpha value is -1.46.